The van der Waals surface area contributed by atoms with Crippen molar-refractivity contribution >= 4 is 12.9 Å². The Kier molecular flexibility index (Phi) is 2.12. The molecule has 0 aliphatic rings. The highest BCUT2D eigenvalue weighted by atomic mass is 16.2. The van der Waals surface area contributed by atoms with Gasteiger partial charge in [0.1, 0.15) is 0 Å². The average molecular weight is 134 g/mol. The largest absolute Gasteiger partial charge is 0.449 e. The maximum Gasteiger partial charge on any atom is 0.305 e. The molecule has 10 heavy (non-hydrogen) atoms. The third-order valence-electron chi connectivity index (χ3n) is 1.67. The zero-order valence-corrected chi connectivity index (χ0v) is 6.39. The van der Waals surface area contributed by atoms with Crippen molar-refractivity contribution in [1.29, 1.82) is 0 Å². The van der Waals surface area contributed by atoms with Gasteiger partial charge in [-0.15, -0.1) is 0 Å². The van der Waals surface area contributed by atoms with Crippen LogP contribution in [-0.4, -0.2) is 12.5 Å². The fourth-order valence-corrected chi connectivity index (χ4v) is 0.971. The minimum Gasteiger partial charge on any atom is -0.449 e. The van der Waals surface area contributed by atoms with E-state index in [0.717, 1.165) is 11.0 Å². The Morgan fingerprint density at radius 3 is 2.50 bits per heavy atom. The lowest BCUT2D eigenvalue weighted by atomic mass is 9.84. The van der Waals surface area contributed by atoms with Crippen molar-refractivity contribution in [2.45, 2.75) is 13.8 Å². The zero-order valence-electron chi connectivity index (χ0n) is 6.39. The number of hydrogen-bond donors (Lipinski definition) is 1. The van der Waals surface area contributed by atoms with E-state index in [4.69, 9.17) is 5.02 Å². The van der Waals surface area contributed by atoms with E-state index >= 15 is 0 Å². The highest BCUT2D eigenvalue weighted by Gasteiger charge is 1.96. The molecule has 1 aromatic carbocycles. The van der Waals surface area contributed by atoms with Gasteiger partial charge in [-0.2, -0.15) is 0 Å². The first-order valence-electron chi connectivity index (χ1n) is 3.41. The molecule has 0 aromatic heterocycles. The first-order chi connectivity index (χ1) is 4.74. The second-order valence-corrected chi connectivity index (χ2v) is 2.59. The van der Waals surface area contributed by atoms with Crippen LogP contribution in [0.2, 0.25) is 0 Å². The average Bonchev–Trinajstić information content (AvgIpc) is 1.94. The monoisotopic (exact) mass is 134 g/mol. The second kappa shape index (κ2) is 2.89. The van der Waals surface area contributed by atoms with Gasteiger partial charge in [-0.05, 0) is 19.3 Å². The van der Waals surface area contributed by atoms with Crippen LogP contribution >= 0.6 is 0 Å². The van der Waals surface area contributed by atoms with Crippen molar-refractivity contribution in [3.05, 3.63) is 29.3 Å². The fraction of sp³-hybridized carbons (Fsp3) is 0.250. The van der Waals surface area contributed by atoms with Crippen LogP contribution in [0.5, 0.6) is 0 Å². The molecule has 0 radical (unpaired) electrons. The van der Waals surface area contributed by atoms with Crippen LogP contribution in [0.3, 0.4) is 0 Å². The molecule has 0 spiro atoms. The molecule has 1 nitrogen and oxygen atoms in total. The lowest BCUT2D eigenvalue weighted by Crippen LogP contribution is -2.16. The molecule has 0 saturated carbocycles. The Morgan fingerprint density at radius 2 is 2.00 bits per heavy atom. The first kappa shape index (κ1) is 7.35. The molecule has 0 fully saturated rings. The van der Waals surface area contributed by atoms with Gasteiger partial charge < -0.3 is 5.02 Å². The number of aryl methyl sites for hydroxylation is 2. The molecule has 0 aliphatic heterocycles. The van der Waals surface area contributed by atoms with E-state index in [9.17, 15) is 0 Å². The Hall–Kier alpha value is -0.755. The Labute approximate surface area is 62.0 Å². The maximum atomic E-state index is 8.84. The second-order valence-electron chi connectivity index (χ2n) is 2.59. The van der Waals surface area contributed by atoms with Crippen molar-refractivity contribution in [2.75, 3.05) is 0 Å². The van der Waals surface area contributed by atoms with Gasteiger partial charge >= 0.3 is 7.48 Å². The van der Waals surface area contributed by atoms with E-state index in [1.54, 1.807) is 0 Å². The van der Waals surface area contributed by atoms with Crippen LogP contribution in [0.25, 0.3) is 0 Å². The van der Waals surface area contributed by atoms with Crippen LogP contribution in [0.4, 0.5) is 0 Å². The van der Waals surface area contributed by atoms with Crippen LogP contribution in [0.1, 0.15) is 11.1 Å². The molecular formula is C8H11BO. The van der Waals surface area contributed by atoms with Crippen LogP contribution in [0.15, 0.2) is 18.2 Å². The van der Waals surface area contributed by atoms with Crippen molar-refractivity contribution < 1.29 is 5.02 Å². The molecule has 52 valence electrons. The lowest BCUT2D eigenvalue weighted by molar-refractivity contribution is 0.615. The molecule has 0 unspecified atom stereocenters. The minimum atomic E-state index is 0.146. The smallest absolute Gasteiger partial charge is 0.305 e. The Morgan fingerprint density at radius 1 is 1.30 bits per heavy atom. The van der Waals surface area contributed by atoms with E-state index in [-0.39, 0.29) is 7.48 Å². The van der Waals surface area contributed by atoms with Gasteiger partial charge in [0.2, 0.25) is 0 Å². The van der Waals surface area contributed by atoms with Gasteiger partial charge in [-0.3, -0.25) is 0 Å². The molecule has 1 aromatic rings. The summed E-state index contributed by atoms with van der Waals surface area (Å²) in [5, 5.41) is 8.84. The van der Waals surface area contributed by atoms with Crippen LogP contribution in [-0.2, 0) is 0 Å². The SMILES string of the molecule is Cc1ccc(C)c(BO)c1. The molecule has 0 bridgehead atoms. The predicted molar refractivity (Wildman–Crippen MR) is 44.9 cm³/mol. The van der Waals surface area contributed by atoms with Crippen LogP contribution < -0.4 is 5.46 Å². The van der Waals surface area contributed by atoms with Gasteiger partial charge in [0, 0.05) is 0 Å². The summed E-state index contributed by atoms with van der Waals surface area (Å²) in [5.41, 5.74) is 3.39. The molecule has 0 heterocycles. The molecule has 0 aliphatic carbocycles. The van der Waals surface area contributed by atoms with Gasteiger partial charge in [0.05, 0.1) is 0 Å². The molecule has 0 saturated heterocycles. The van der Waals surface area contributed by atoms with E-state index < -0.39 is 0 Å². The number of benzene rings is 1. The van der Waals surface area contributed by atoms with Crippen molar-refractivity contribution in [1.82, 2.24) is 0 Å². The minimum absolute atomic E-state index is 0.146. The molecule has 2 heteroatoms. The van der Waals surface area contributed by atoms with Gasteiger partial charge in [0.25, 0.3) is 0 Å². The summed E-state index contributed by atoms with van der Waals surface area (Å²) in [5.74, 6) is 0. The normalized spacial score (nSPS) is 9.50. The summed E-state index contributed by atoms with van der Waals surface area (Å²) in [4.78, 5) is 0. The Bertz CT molecular complexity index is 233. The Balaban J connectivity index is 3.09. The summed E-state index contributed by atoms with van der Waals surface area (Å²) < 4.78 is 0. The zero-order chi connectivity index (χ0) is 7.56. The summed E-state index contributed by atoms with van der Waals surface area (Å²) >= 11 is 0. The summed E-state index contributed by atoms with van der Waals surface area (Å²) in [6.07, 6.45) is 0. The van der Waals surface area contributed by atoms with Gasteiger partial charge in [-0.25, -0.2) is 0 Å². The lowest BCUT2D eigenvalue weighted by Gasteiger charge is -2.00. The van der Waals surface area contributed by atoms with Crippen molar-refractivity contribution in [2.24, 2.45) is 0 Å². The van der Waals surface area contributed by atoms with Crippen molar-refractivity contribution in [3.8, 4) is 0 Å². The van der Waals surface area contributed by atoms with E-state index in [0.29, 0.717) is 0 Å². The van der Waals surface area contributed by atoms with Crippen LogP contribution in [0, 0.1) is 13.8 Å². The number of rotatable bonds is 1. The van der Waals surface area contributed by atoms with E-state index in [2.05, 4.69) is 6.07 Å². The first-order valence-corrected chi connectivity index (χ1v) is 3.41. The van der Waals surface area contributed by atoms with Gasteiger partial charge in [0.15, 0.2) is 0 Å². The number of hydrogen-bond acceptors (Lipinski definition) is 1. The topological polar surface area (TPSA) is 20.2 Å². The fourth-order valence-electron chi connectivity index (χ4n) is 0.971. The third kappa shape index (κ3) is 1.39. The van der Waals surface area contributed by atoms with Crippen molar-refractivity contribution in [3.63, 3.8) is 0 Å². The predicted octanol–water partition coefficient (Wildman–Crippen LogP) is 0.273. The standard InChI is InChI=1S/C8H11BO/c1-6-3-4-7(2)8(5-6)9-10/h3-5,9-10H,1-2H3. The molecular weight excluding hydrogens is 123 g/mol. The third-order valence-corrected chi connectivity index (χ3v) is 1.67. The summed E-state index contributed by atoms with van der Waals surface area (Å²) in [7, 11) is 0.146. The van der Waals surface area contributed by atoms with E-state index in [1.165, 1.54) is 5.56 Å². The van der Waals surface area contributed by atoms with Gasteiger partial charge in [-0.1, -0.05) is 29.3 Å². The molecule has 1 rings (SSSR count). The highest BCUT2D eigenvalue weighted by Crippen LogP contribution is 1.97. The molecule has 0 atom stereocenters. The quantitative estimate of drug-likeness (QED) is 0.546. The molecule has 0 amide bonds. The summed E-state index contributed by atoms with van der Waals surface area (Å²) in [6, 6.07) is 6.09. The van der Waals surface area contributed by atoms with E-state index in [1.807, 2.05) is 26.0 Å². The highest BCUT2D eigenvalue weighted by molar-refractivity contribution is 6.46. The molecule has 1 N–H and O–H groups in total. The maximum absolute atomic E-state index is 8.84. The summed E-state index contributed by atoms with van der Waals surface area (Å²) in [6.45, 7) is 4.03.